The van der Waals surface area contributed by atoms with Crippen LogP contribution in [0.25, 0.3) is 0 Å². The number of nitrogens with zero attached hydrogens (tertiary/aromatic N) is 1. The fraction of sp³-hybridized carbons (Fsp3) is 0.533. The van der Waals surface area contributed by atoms with E-state index in [2.05, 4.69) is 5.32 Å². The van der Waals surface area contributed by atoms with Crippen molar-refractivity contribution in [1.29, 1.82) is 0 Å². The minimum Gasteiger partial charge on any atom is -0.497 e. The van der Waals surface area contributed by atoms with Crippen LogP contribution in [0.3, 0.4) is 0 Å². The van der Waals surface area contributed by atoms with E-state index in [-0.39, 0.29) is 24.3 Å². The smallest absolute Gasteiger partial charge is 0.322 e. The van der Waals surface area contributed by atoms with Gasteiger partial charge in [-0.3, -0.25) is 0 Å². The molecule has 2 rings (SSSR count). The van der Waals surface area contributed by atoms with E-state index in [1.54, 1.807) is 4.90 Å². The Hall–Kier alpha value is -1.82. The van der Waals surface area contributed by atoms with Crippen molar-refractivity contribution in [2.45, 2.75) is 25.8 Å². The first-order valence-electron chi connectivity index (χ1n) is 7.08. The SMILES string of the molecule is COc1ccc(F)c(NC(=O)N2CCCC(C)C2CO)c1. The molecule has 116 valence electrons. The highest BCUT2D eigenvalue weighted by Gasteiger charge is 2.31. The number of hydrogen-bond acceptors (Lipinski definition) is 3. The third-order valence-corrected chi connectivity index (χ3v) is 3.98. The quantitative estimate of drug-likeness (QED) is 0.900. The predicted octanol–water partition coefficient (Wildman–Crippen LogP) is 2.46. The van der Waals surface area contributed by atoms with Gasteiger partial charge in [-0.2, -0.15) is 0 Å². The van der Waals surface area contributed by atoms with Crippen LogP contribution in [-0.2, 0) is 0 Å². The zero-order chi connectivity index (χ0) is 15.4. The summed E-state index contributed by atoms with van der Waals surface area (Å²) in [6, 6.07) is 3.55. The Morgan fingerprint density at radius 2 is 2.33 bits per heavy atom. The molecule has 1 saturated heterocycles. The topological polar surface area (TPSA) is 61.8 Å². The molecule has 0 radical (unpaired) electrons. The molecule has 2 atom stereocenters. The van der Waals surface area contributed by atoms with E-state index in [0.29, 0.717) is 12.3 Å². The normalized spacial score (nSPS) is 22.0. The molecule has 1 aromatic rings. The van der Waals surface area contributed by atoms with Gasteiger partial charge in [0.25, 0.3) is 0 Å². The molecule has 5 nitrogen and oxygen atoms in total. The summed E-state index contributed by atoms with van der Waals surface area (Å²) < 4.78 is 18.8. The number of carbonyl (C=O) groups is 1. The molecule has 6 heteroatoms. The summed E-state index contributed by atoms with van der Waals surface area (Å²) in [5, 5.41) is 12.0. The summed E-state index contributed by atoms with van der Waals surface area (Å²) in [7, 11) is 1.48. The summed E-state index contributed by atoms with van der Waals surface area (Å²) in [4.78, 5) is 13.9. The van der Waals surface area contributed by atoms with E-state index in [4.69, 9.17) is 4.74 Å². The maximum absolute atomic E-state index is 13.8. The molecule has 1 heterocycles. The number of amides is 2. The van der Waals surface area contributed by atoms with Crippen LogP contribution in [-0.4, -0.2) is 42.3 Å². The first kappa shape index (κ1) is 15.6. The Morgan fingerprint density at radius 1 is 1.57 bits per heavy atom. The summed E-state index contributed by atoms with van der Waals surface area (Å²) in [5.41, 5.74) is 0.0780. The zero-order valence-corrected chi connectivity index (χ0v) is 12.3. The van der Waals surface area contributed by atoms with Crippen LogP contribution in [0.15, 0.2) is 18.2 Å². The number of anilines is 1. The highest BCUT2D eigenvalue weighted by Crippen LogP contribution is 2.25. The number of likely N-dealkylation sites (tertiary alicyclic amines) is 1. The minimum absolute atomic E-state index is 0.0780. The molecule has 0 saturated carbocycles. The lowest BCUT2D eigenvalue weighted by Gasteiger charge is -2.38. The van der Waals surface area contributed by atoms with E-state index < -0.39 is 11.8 Å². The van der Waals surface area contributed by atoms with Crippen molar-refractivity contribution in [2.75, 3.05) is 25.6 Å². The molecular formula is C15H21FN2O3. The molecule has 0 aromatic heterocycles. The Labute approximate surface area is 123 Å². The van der Waals surface area contributed by atoms with Crippen molar-refractivity contribution in [3.05, 3.63) is 24.0 Å². The molecule has 0 aliphatic carbocycles. The fourth-order valence-corrected chi connectivity index (χ4v) is 2.69. The molecule has 2 N–H and O–H groups in total. The fourth-order valence-electron chi connectivity index (χ4n) is 2.69. The van der Waals surface area contributed by atoms with Gasteiger partial charge in [0.05, 0.1) is 25.4 Å². The lowest BCUT2D eigenvalue weighted by Crippen LogP contribution is -2.51. The standard InChI is InChI=1S/C15H21FN2O3/c1-10-4-3-7-18(14(10)9-19)15(20)17-13-8-11(21-2)5-6-12(13)16/h5-6,8,10,14,19H,3-4,7,9H2,1-2H3,(H,17,20). The van der Waals surface area contributed by atoms with Crippen molar-refractivity contribution >= 4 is 11.7 Å². The van der Waals surface area contributed by atoms with Crippen LogP contribution in [0, 0.1) is 11.7 Å². The summed E-state index contributed by atoms with van der Waals surface area (Å²) in [6.45, 7) is 2.48. The van der Waals surface area contributed by atoms with Crippen LogP contribution in [0.1, 0.15) is 19.8 Å². The van der Waals surface area contributed by atoms with Crippen LogP contribution in [0.4, 0.5) is 14.9 Å². The maximum Gasteiger partial charge on any atom is 0.322 e. The van der Waals surface area contributed by atoms with Crippen molar-refractivity contribution < 1.29 is 19.0 Å². The second kappa shape index (κ2) is 6.76. The van der Waals surface area contributed by atoms with Crippen LogP contribution in [0.2, 0.25) is 0 Å². The first-order chi connectivity index (χ1) is 10.1. The number of urea groups is 1. The van der Waals surface area contributed by atoms with Gasteiger partial charge in [0.1, 0.15) is 11.6 Å². The van der Waals surface area contributed by atoms with Gasteiger partial charge in [0, 0.05) is 12.6 Å². The van der Waals surface area contributed by atoms with Gasteiger partial charge in [-0.25, -0.2) is 9.18 Å². The van der Waals surface area contributed by atoms with Crippen molar-refractivity contribution in [2.24, 2.45) is 5.92 Å². The van der Waals surface area contributed by atoms with Crippen molar-refractivity contribution in [3.8, 4) is 5.75 Å². The summed E-state index contributed by atoms with van der Waals surface area (Å²) >= 11 is 0. The second-order valence-electron chi connectivity index (χ2n) is 5.34. The maximum atomic E-state index is 13.8. The Balaban J connectivity index is 2.13. The largest absolute Gasteiger partial charge is 0.497 e. The molecule has 0 spiro atoms. The number of ether oxygens (including phenoxy) is 1. The molecule has 21 heavy (non-hydrogen) atoms. The Morgan fingerprint density at radius 3 is 3.00 bits per heavy atom. The van der Waals surface area contributed by atoms with E-state index in [1.165, 1.54) is 25.3 Å². The van der Waals surface area contributed by atoms with Gasteiger partial charge < -0.3 is 20.1 Å². The van der Waals surface area contributed by atoms with Gasteiger partial charge in [0.2, 0.25) is 0 Å². The molecule has 1 aliphatic heterocycles. The molecule has 1 aliphatic rings. The molecule has 2 amide bonds. The number of aliphatic hydroxyl groups excluding tert-OH is 1. The van der Waals surface area contributed by atoms with Gasteiger partial charge in [-0.05, 0) is 30.9 Å². The van der Waals surface area contributed by atoms with Gasteiger partial charge in [-0.1, -0.05) is 6.92 Å². The molecule has 0 bridgehead atoms. The van der Waals surface area contributed by atoms with Crippen LogP contribution < -0.4 is 10.1 Å². The molecular weight excluding hydrogens is 275 g/mol. The monoisotopic (exact) mass is 296 g/mol. The molecule has 1 aromatic carbocycles. The highest BCUT2D eigenvalue weighted by atomic mass is 19.1. The van der Waals surface area contributed by atoms with Gasteiger partial charge in [0.15, 0.2) is 0 Å². The summed E-state index contributed by atoms with van der Waals surface area (Å²) in [5.74, 6) is 0.178. The molecule has 2 unspecified atom stereocenters. The number of halogens is 1. The van der Waals surface area contributed by atoms with E-state index in [9.17, 15) is 14.3 Å². The predicted molar refractivity (Wildman–Crippen MR) is 77.9 cm³/mol. The Kier molecular flexibility index (Phi) is 5.01. The van der Waals surface area contributed by atoms with Crippen molar-refractivity contribution in [1.82, 2.24) is 4.90 Å². The van der Waals surface area contributed by atoms with Gasteiger partial charge in [-0.15, -0.1) is 0 Å². The number of hydrogen-bond donors (Lipinski definition) is 2. The minimum atomic E-state index is -0.519. The number of benzene rings is 1. The molecule has 1 fully saturated rings. The second-order valence-corrected chi connectivity index (χ2v) is 5.34. The third-order valence-electron chi connectivity index (χ3n) is 3.98. The number of piperidine rings is 1. The van der Waals surface area contributed by atoms with E-state index >= 15 is 0 Å². The zero-order valence-electron chi connectivity index (χ0n) is 12.3. The van der Waals surface area contributed by atoms with Gasteiger partial charge >= 0.3 is 6.03 Å². The van der Waals surface area contributed by atoms with E-state index in [0.717, 1.165) is 12.8 Å². The highest BCUT2D eigenvalue weighted by molar-refractivity contribution is 5.90. The van der Waals surface area contributed by atoms with Crippen LogP contribution >= 0.6 is 0 Å². The lowest BCUT2D eigenvalue weighted by molar-refractivity contribution is 0.0811. The van der Waals surface area contributed by atoms with Crippen molar-refractivity contribution in [3.63, 3.8) is 0 Å². The Bertz CT molecular complexity index is 510. The van der Waals surface area contributed by atoms with Crippen LogP contribution in [0.5, 0.6) is 5.75 Å². The number of rotatable bonds is 3. The number of carbonyl (C=O) groups excluding carboxylic acids is 1. The number of nitrogens with one attached hydrogen (secondary N) is 1. The average Bonchev–Trinajstić information content (AvgIpc) is 2.49. The summed E-state index contributed by atoms with van der Waals surface area (Å²) in [6.07, 6.45) is 1.86. The van der Waals surface area contributed by atoms with E-state index in [1.807, 2.05) is 6.92 Å². The number of aliphatic hydroxyl groups is 1. The average molecular weight is 296 g/mol. The first-order valence-corrected chi connectivity index (χ1v) is 7.08. The lowest BCUT2D eigenvalue weighted by atomic mass is 9.91. The number of methoxy groups -OCH3 is 1. The third kappa shape index (κ3) is 3.44.